The summed E-state index contributed by atoms with van der Waals surface area (Å²) < 4.78 is 34.7. The van der Waals surface area contributed by atoms with Crippen LogP contribution in [0.2, 0.25) is 0 Å². The first-order valence-corrected chi connectivity index (χ1v) is 9.74. The van der Waals surface area contributed by atoms with E-state index in [9.17, 15) is 8.42 Å². The van der Waals surface area contributed by atoms with Gasteiger partial charge in [0, 0.05) is 19.5 Å². The predicted molar refractivity (Wildman–Crippen MR) is 89.9 cm³/mol. The Morgan fingerprint density at radius 2 is 2.12 bits per heavy atom. The van der Waals surface area contributed by atoms with Crippen molar-refractivity contribution >= 4 is 10.0 Å². The lowest BCUT2D eigenvalue weighted by Gasteiger charge is -2.33. The minimum absolute atomic E-state index is 0.445. The van der Waals surface area contributed by atoms with Crippen molar-refractivity contribution in [3.63, 3.8) is 0 Å². The Balaban J connectivity index is 1.63. The fourth-order valence-corrected chi connectivity index (χ4v) is 5.68. The molecule has 2 atom stereocenters. The highest BCUT2D eigenvalue weighted by Gasteiger charge is 2.52. The Kier molecular flexibility index (Phi) is 3.74. The Morgan fingerprint density at radius 3 is 2.79 bits per heavy atom. The summed E-state index contributed by atoms with van der Waals surface area (Å²) in [5.74, 6) is 0.691. The van der Waals surface area contributed by atoms with Crippen LogP contribution in [0.5, 0.6) is 0 Å². The molecular weight excluding hydrogens is 326 g/mol. The number of rotatable bonds is 5. The number of aryl methyl sites for hydroxylation is 1. The molecule has 128 valence electrons. The highest BCUT2D eigenvalue weighted by atomic mass is 32.2. The topological polar surface area (TPSA) is 84.1 Å². The first kappa shape index (κ1) is 15.8. The normalized spacial score (nSPS) is 25.2. The van der Waals surface area contributed by atoms with E-state index < -0.39 is 26.9 Å². The van der Waals surface area contributed by atoms with Crippen molar-refractivity contribution in [1.82, 2.24) is 14.7 Å². The van der Waals surface area contributed by atoms with E-state index in [-0.39, 0.29) is 0 Å². The maximum Gasteiger partial charge on any atom is 0.218 e. The summed E-state index contributed by atoms with van der Waals surface area (Å²) in [6.45, 7) is 0. The molecule has 2 aliphatic carbocycles. The zero-order chi connectivity index (χ0) is 16.8. The molecular formula is C17H21N3O3S. The molecule has 1 saturated carbocycles. The van der Waals surface area contributed by atoms with Crippen LogP contribution in [-0.2, 0) is 26.7 Å². The molecule has 2 aromatic rings. The molecule has 1 aromatic carbocycles. The molecule has 0 amide bonds. The lowest BCUT2D eigenvalue weighted by Crippen LogP contribution is -2.45. The Morgan fingerprint density at radius 1 is 1.33 bits per heavy atom. The van der Waals surface area contributed by atoms with Crippen LogP contribution in [0.4, 0.5) is 0 Å². The van der Waals surface area contributed by atoms with E-state index in [1.54, 1.807) is 19.5 Å². The van der Waals surface area contributed by atoms with E-state index >= 15 is 0 Å². The largest absolute Gasteiger partial charge is 0.375 e. The SMILES string of the molecule is COC1c2ccccc2CCC1S(=O)(=O)NC1(c2ncc[nH]2)CC1. The zero-order valence-corrected chi connectivity index (χ0v) is 14.3. The number of H-pyrrole nitrogens is 1. The van der Waals surface area contributed by atoms with Crippen molar-refractivity contribution in [2.45, 2.75) is 42.6 Å². The number of hydrogen-bond acceptors (Lipinski definition) is 4. The number of aromatic nitrogens is 2. The molecule has 1 aromatic heterocycles. The first-order valence-electron chi connectivity index (χ1n) is 8.19. The van der Waals surface area contributed by atoms with E-state index in [4.69, 9.17) is 4.74 Å². The minimum atomic E-state index is -3.54. The lowest BCUT2D eigenvalue weighted by atomic mass is 9.89. The number of aromatic amines is 1. The summed E-state index contributed by atoms with van der Waals surface area (Å²) in [6.07, 6.45) is 5.76. The Labute approximate surface area is 141 Å². The fourth-order valence-electron chi connectivity index (χ4n) is 3.67. The van der Waals surface area contributed by atoms with Crippen molar-refractivity contribution < 1.29 is 13.2 Å². The lowest BCUT2D eigenvalue weighted by molar-refractivity contribution is 0.0902. The summed E-state index contributed by atoms with van der Waals surface area (Å²) in [4.78, 5) is 7.28. The van der Waals surface area contributed by atoms with Gasteiger partial charge in [-0.2, -0.15) is 0 Å². The Bertz CT molecular complexity index is 829. The first-order chi connectivity index (χ1) is 11.6. The van der Waals surface area contributed by atoms with Gasteiger partial charge in [-0.3, -0.25) is 0 Å². The van der Waals surface area contributed by atoms with E-state index in [1.165, 1.54) is 5.56 Å². The molecule has 6 nitrogen and oxygen atoms in total. The van der Waals surface area contributed by atoms with E-state index in [0.29, 0.717) is 12.2 Å². The van der Waals surface area contributed by atoms with Gasteiger partial charge in [0.25, 0.3) is 0 Å². The van der Waals surface area contributed by atoms with Gasteiger partial charge in [-0.25, -0.2) is 18.1 Å². The molecule has 0 bridgehead atoms. The maximum atomic E-state index is 13.1. The highest BCUT2D eigenvalue weighted by molar-refractivity contribution is 7.90. The van der Waals surface area contributed by atoms with Crippen molar-refractivity contribution in [3.8, 4) is 0 Å². The number of sulfonamides is 1. The van der Waals surface area contributed by atoms with Gasteiger partial charge in [-0.05, 0) is 36.8 Å². The number of imidazole rings is 1. The second kappa shape index (κ2) is 5.68. The number of hydrogen-bond donors (Lipinski definition) is 2. The monoisotopic (exact) mass is 347 g/mol. The van der Waals surface area contributed by atoms with Crippen LogP contribution in [0.1, 0.15) is 42.3 Å². The molecule has 2 unspecified atom stereocenters. The number of methoxy groups -OCH3 is 1. The second-order valence-corrected chi connectivity index (χ2v) is 8.50. The fraction of sp³-hybridized carbons (Fsp3) is 0.471. The molecule has 24 heavy (non-hydrogen) atoms. The van der Waals surface area contributed by atoms with Crippen LogP contribution >= 0.6 is 0 Å². The molecule has 0 saturated heterocycles. The molecule has 2 N–H and O–H groups in total. The zero-order valence-electron chi connectivity index (χ0n) is 13.5. The molecule has 0 spiro atoms. The summed E-state index contributed by atoms with van der Waals surface area (Å²) in [6, 6.07) is 7.92. The van der Waals surface area contributed by atoms with Gasteiger partial charge in [-0.1, -0.05) is 24.3 Å². The van der Waals surface area contributed by atoms with Crippen molar-refractivity contribution in [3.05, 3.63) is 53.6 Å². The number of nitrogens with one attached hydrogen (secondary N) is 2. The molecule has 1 fully saturated rings. The Hall–Kier alpha value is -1.70. The highest BCUT2D eigenvalue weighted by Crippen LogP contribution is 2.46. The van der Waals surface area contributed by atoms with Crippen LogP contribution in [0.3, 0.4) is 0 Å². The number of ether oxygens (including phenoxy) is 1. The maximum absolute atomic E-state index is 13.1. The number of fused-ring (bicyclic) bond motifs is 1. The summed E-state index contributed by atoms with van der Waals surface area (Å²) in [5, 5.41) is -0.593. The predicted octanol–water partition coefficient (Wildman–Crippen LogP) is 2.02. The van der Waals surface area contributed by atoms with Crippen LogP contribution in [-0.4, -0.2) is 30.7 Å². The number of nitrogens with zero attached hydrogens (tertiary/aromatic N) is 1. The smallest absolute Gasteiger partial charge is 0.218 e. The minimum Gasteiger partial charge on any atom is -0.375 e. The molecule has 4 rings (SSSR count). The third-order valence-corrected chi connectivity index (χ3v) is 7.04. The quantitative estimate of drug-likeness (QED) is 0.867. The van der Waals surface area contributed by atoms with E-state index in [1.807, 2.05) is 24.3 Å². The van der Waals surface area contributed by atoms with Gasteiger partial charge < -0.3 is 9.72 Å². The van der Waals surface area contributed by atoms with Crippen LogP contribution in [0.15, 0.2) is 36.7 Å². The molecule has 2 aliphatic rings. The van der Waals surface area contributed by atoms with E-state index in [0.717, 1.165) is 24.8 Å². The van der Waals surface area contributed by atoms with Crippen molar-refractivity contribution in [2.24, 2.45) is 0 Å². The third kappa shape index (κ3) is 2.56. The van der Waals surface area contributed by atoms with Gasteiger partial charge in [0.15, 0.2) is 0 Å². The van der Waals surface area contributed by atoms with Gasteiger partial charge >= 0.3 is 0 Å². The summed E-state index contributed by atoms with van der Waals surface area (Å²) in [7, 11) is -1.97. The van der Waals surface area contributed by atoms with Crippen LogP contribution in [0.25, 0.3) is 0 Å². The van der Waals surface area contributed by atoms with Gasteiger partial charge in [0.05, 0.1) is 5.54 Å². The van der Waals surface area contributed by atoms with Gasteiger partial charge in [-0.15, -0.1) is 0 Å². The van der Waals surface area contributed by atoms with Crippen LogP contribution in [0, 0.1) is 0 Å². The van der Waals surface area contributed by atoms with E-state index in [2.05, 4.69) is 14.7 Å². The van der Waals surface area contributed by atoms with Crippen molar-refractivity contribution in [1.29, 1.82) is 0 Å². The van der Waals surface area contributed by atoms with Gasteiger partial charge in [0.2, 0.25) is 10.0 Å². The second-order valence-electron chi connectivity index (χ2n) is 6.60. The van der Waals surface area contributed by atoms with Gasteiger partial charge in [0.1, 0.15) is 17.2 Å². The molecule has 1 heterocycles. The average Bonchev–Trinajstić information content (AvgIpc) is 3.12. The third-order valence-electron chi connectivity index (χ3n) is 5.09. The summed E-state index contributed by atoms with van der Waals surface area (Å²) in [5.41, 5.74) is 1.57. The molecule has 0 aliphatic heterocycles. The standard InChI is InChI=1S/C17H21N3O3S/c1-23-15-13-5-3-2-4-12(13)6-7-14(15)24(21,22)20-17(8-9-17)16-18-10-11-19-16/h2-5,10-11,14-15,20H,6-9H2,1H3,(H,18,19). The average molecular weight is 347 g/mol. The number of benzene rings is 1. The van der Waals surface area contributed by atoms with Crippen LogP contribution < -0.4 is 4.72 Å². The molecule has 7 heteroatoms. The summed E-state index contributed by atoms with van der Waals surface area (Å²) >= 11 is 0. The molecule has 0 radical (unpaired) electrons. The van der Waals surface area contributed by atoms with Crippen molar-refractivity contribution in [2.75, 3.05) is 7.11 Å².